The van der Waals surface area contributed by atoms with E-state index in [4.69, 9.17) is 14.9 Å². The summed E-state index contributed by atoms with van der Waals surface area (Å²) in [5, 5.41) is 0. The zero-order chi connectivity index (χ0) is 11.4. The van der Waals surface area contributed by atoms with E-state index in [0.29, 0.717) is 25.6 Å². The number of nitrogens with zero attached hydrogens (tertiary/aromatic N) is 1. The Bertz CT molecular complexity index is 465. The van der Waals surface area contributed by atoms with Gasteiger partial charge in [-0.1, -0.05) is 13.0 Å². The van der Waals surface area contributed by atoms with Gasteiger partial charge in [0.15, 0.2) is 5.58 Å². The van der Waals surface area contributed by atoms with Crippen LogP contribution in [0.1, 0.15) is 18.4 Å². The number of ether oxygens (including phenoxy) is 1. The smallest absolute Gasteiger partial charge is 0.221 e. The summed E-state index contributed by atoms with van der Waals surface area (Å²) < 4.78 is 10.8. The maximum atomic E-state index is 5.54. The van der Waals surface area contributed by atoms with E-state index >= 15 is 0 Å². The van der Waals surface area contributed by atoms with Gasteiger partial charge in [0.05, 0.1) is 6.61 Å². The zero-order valence-electron chi connectivity index (χ0n) is 9.40. The Morgan fingerprint density at radius 2 is 2.31 bits per heavy atom. The second-order valence-electron chi connectivity index (χ2n) is 3.60. The van der Waals surface area contributed by atoms with Crippen molar-refractivity contribution in [2.75, 3.05) is 13.2 Å². The molecule has 1 heterocycles. The molecule has 2 N–H and O–H groups in total. The standard InChI is InChI=1S/C12H16N2O2/c1-2-9-3-4-11-10(7-9)14-12(16-11)8-15-6-5-13/h3-4,7H,2,5-6,8,13H2,1H3. The SMILES string of the molecule is CCc1ccc2oc(COCCN)nc2c1. The van der Waals surface area contributed by atoms with Gasteiger partial charge in [-0.2, -0.15) is 0 Å². The molecular weight excluding hydrogens is 204 g/mol. The topological polar surface area (TPSA) is 61.3 Å². The Kier molecular flexibility index (Phi) is 3.54. The summed E-state index contributed by atoms with van der Waals surface area (Å²) in [7, 11) is 0. The van der Waals surface area contributed by atoms with Crippen LogP contribution in [-0.2, 0) is 17.8 Å². The lowest BCUT2D eigenvalue weighted by atomic mass is 10.1. The highest BCUT2D eigenvalue weighted by Gasteiger charge is 2.05. The van der Waals surface area contributed by atoms with E-state index in [0.717, 1.165) is 17.5 Å². The maximum Gasteiger partial charge on any atom is 0.221 e. The lowest BCUT2D eigenvalue weighted by molar-refractivity contribution is 0.110. The first kappa shape index (κ1) is 11.1. The lowest BCUT2D eigenvalue weighted by Gasteiger charge is -1.96. The molecule has 0 amide bonds. The number of fused-ring (bicyclic) bond motifs is 1. The van der Waals surface area contributed by atoms with Crippen molar-refractivity contribution in [1.29, 1.82) is 0 Å². The van der Waals surface area contributed by atoms with Crippen LogP contribution in [0.25, 0.3) is 11.1 Å². The van der Waals surface area contributed by atoms with Crippen molar-refractivity contribution < 1.29 is 9.15 Å². The molecule has 0 atom stereocenters. The van der Waals surface area contributed by atoms with Crippen LogP contribution < -0.4 is 5.73 Å². The Morgan fingerprint density at radius 3 is 3.06 bits per heavy atom. The molecule has 0 spiro atoms. The first-order valence-corrected chi connectivity index (χ1v) is 5.49. The molecule has 2 aromatic rings. The van der Waals surface area contributed by atoms with Gasteiger partial charge in [0.25, 0.3) is 0 Å². The van der Waals surface area contributed by atoms with Gasteiger partial charge in [-0.15, -0.1) is 0 Å². The Balaban J connectivity index is 2.16. The van der Waals surface area contributed by atoms with Gasteiger partial charge in [0, 0.05) is 6.54 Å². The summed E-state index contributed by atoms with van der Waals surface area (Å²) in [5.74, 6) is 0.608. The number of hydrogen-bond acceptors (Lipinski definition) is 4. The highest BCUT2D eigenvalue weighted by atomic mass is 16.5. The predicted octanol–water partition coefficient (Wildman–Crippen LogP) is 1.87. The average Bonchev–Trinajstić information content (AvgIpc) is 2.70. The maximum absolute atomic E-state index is 5.54. The van der Waals surface area contributed by atoms with Crippen LogP contribution in [0.15, 0.2) is 22.6 Å². The average molecular weight is 220 g/mol. The van der Waals surface area contributed by atoms with E-state index in [-0.39, 0.29) is 0 Å². The van der Waals surface area contributed by atoms with E-state index in [1.54, 1.807) is 0 Å². The highest BCUT2D eigenvalue weighted by molar-refractivity contribution is 5.73. The number of oxazole rings is 1. The summed E-state index contributed by atoms with van der Waals surface area (Å²) in [5.41, 5.74) is 8.29. The highest BCUT2D eigenvalue weighted by Crippen LogP contribution is 2.17. The van der Waals surface area contributed by atoms with Crippen molar-refractivity contribution >= 4 is 11.1 Å². The molecule has 86 valence electrons. The summed E-state index contributed by atoms with van der Waals surface area (Å²) in [6.07, 6.45) is 1.00. The van der Waals surface area contributed by atoms with Gasteiger partial charge < -0.3 is 14.9 Å². The van der Waals surface area contributed by atoms with Crippen molar-refractivity contribution in [2.24, 2.45) is 5.73 Å². The van der Waals surface area contributed by atoms with Gasteiger partial charge in [0.2, 0.25) is 5.89 Å². The van der Waals surface area contributed by atoms with Gasteiger partial charge >= 0.3 is 0 Å². The second-order valence-corrected chi connectivity index (χ2v) is 3.60. The second kappa shape index (κ2) is 5.09. The fourth-order valence-corrected chi connectivity index (χ4v) is 1.55. The monoisotopic (exact) mass is 220 g/mol. The molecule has 0 bridgehead atoms. The van der Waals surface area contributed by atoms with Crippen LogP contribution in [0.5, 0.6) is 0 Å². The van der Waals surface area contributed by atoms with Crippen molar-refractivity contribution in [3.05, 3.63) is 29.7 Å². The number of hydrogen-bond donors (Lipinski definition) is 1. The molecule has 0 saturated heterocycles. The number of aromatic nitrogens is 1. The van der Waals surface area contributed by atoms with E-state index in [1.165, 1.54) is 5.56 Å². The number of aryl methyl sites for hydroxylation is 1. The van der Waals surface area contributed by atoms with Gasteiger partial charge in [-0.25, -0.2) is 4.98 Å². The van der Waals surface area contributed by atoms with Crippen LogP contribution in [0.2, 0.25) is 0 Å². The first-order chi connectivity index (χ1) is 7.83. The van der Waals surface area contributed by atoms with Crippen molar-refractivity contribution in [3.8, 4) is 0 Å². The van der Waals surface area contributed by atoms with Gasteiger partial charge in [0.1, 0.15) is 12.1 Å². The molecule has 4 heteroatoms. The fourth-order valence-electron chi connectivity index (χ4n) is 1.55. The minimum Gasteiger partial charge on any atom is -0.438 e. The fraction of sp³-hybridized carbons (Fsp3) is 0.417. The number of nitrogens with two attached hydrogens (primary N) is 1. The molecule has 0 aliphatic heterocycles. The summed E-state index contributed by atoms with van der Waals surface area (Å²) in [6, 6.07) is 6.05. The Hall–Kier alpha value is -1.39. The molecule has 0 saturated carbocycles. The first-order valence-electron chi connectivity index (χ1n) is 5.49. The number of benzene rings is 1. The zero-order valence-corrected chi connectivity index (χ0v) is 9.40. The molecular formula is C12H16N2O2. The predicted molar refractivity (Wildman–Crippen MR) is 62.1 cm³/mol. The molecule has 0 aliphatic rings. The third-order valence-corrected chi connectivity index (χ3v) is 2.39. The molecule has 4 nitrogen and oxygen atoms in total. The summed E-state index contributed by atoms with van der Waals surface area (Å²) >= 11 is 0. The molecule has 16 heavy (non-hydrogen) atoms. The van der Waals surface area contributed by atoms with Crippen LogP contribution in [-0.4, -0.2) is 18.1 Å². The molecule has 0 radical (unpaired) electrons. The molecule has 0 unspecified atom stereocenters. The van der Waals surface area contributed by atoms with Crippen LogP contribution >= 0.6 is 0 Å². The minimum atomic E-state index is 0.382. The van der Waals surface area contributed by atoms with E-state index in [1.807, 2.05) is 12.1 Å². The quantitative estimate of drug-likeness (QED) is 0.781. The minimum absolute atomic E-state index is 0.382. The summed E-state index contributed by atoms with van der Waals surface area (Å²) in [4.78, 5) is 4.36. The van der Waals surface area contributed by atoms with Crippen molar-refractivity contribution in [1.82, 2.24) is 4.98 Å². The number of rotatable bonds is 5. The molecule has 1 aromatic heterocycles. The molecule has 2 rings (SSSR count). The molecule has 0 fully saturated rings. The van der Waals surface area contributed by atoms with E-state index < -0.39 is 0 Å². The normalized spacial score (nSPS) is 11.1. The molecule has 0 aliphatic carbocycles. The third kappa shape index (κ3) is 2.40. The van der Waals surface area contributed by atoms with Gasteiger partial charge in [-0.05, 0) is 24.1 Å². The Morgan fingerprint density at radius 1 is 1.44 bits per heavy atom. The van der Waals surface area contributed by atoms with Crippen molar-refractivity contribution in [2.45, 2.75) is 20.0 Å². The van der Waals surface area contributed by atoms with E-state index in [9.17, 15) is 0 Å². The van der Waals surface area contributed by atoms with Gasteiger partial charge in [-0.3, -0.25) is 0 Å². The van der Waals surface area contributed by atoms with E-state index in [2.05, 4.69) is 18.0 Å². The Labute approximate surface area is 94.4 Å². The largest absolute Gasteiger partial charge is 0.438 e. The third-order valence-electron chi connectivity index (χ3n) is 2.39. The van der Waals surface area contributed by atoms with Crippen LogP contribution in [0.3, 0.4) is 0 Å². The van der Waals surface area contributed by atoms with Crippen LogP contribution in [0, 0.1) is 0 Å². The summed E-state index contributed by atoms with van der Waals surface area (Å²) in [6.45, 7) is 3.54. The van der Waals surface area contributed by atoms with Crippen LogP contribution in [0.4, 0.5) is 0 Å². The van der Waals surface area contributed by atoms with Crippen molar-refractivity contribution in [3.63, 3.8) is 0 Å². The molecule has 1 aromatic carbocycles. The lowest BCUT2D eigenvalue weighted by Crippen LogP contribution is -2.08.